The van der Waals surface area contributed by atoms with Crippen molar-refractivity contribution in [2.45, 2.75) is 19.0 Å². The third kappa shape index (κ3) is 4.05. The molecular formula is C23H22N4O4. The number of likely N-dealkylation sites (tertiary alicyclic amines) is 1. The molecule has 1 fully saturated rings. The molecule has 0 radical (unpaired) electrons. The number of hydrogen-bond donors (Lipinski definition) is 1. The number of aromatic nitrogens is 3. The van der Waals surface area contributed by atoms with Crippen LogP contribution >= 0.6 is 0 Å². The van der Waals surface area contributed by atoms with Crippen LogP contribution < -0.4 is 4.74 Å². The quantitative estimate of drug-likeness (QED) is 0.360. The lowest BCUT2D eigenvalue weighted by atomic mass is 9.96. The van der Waals surface area contributed by atoms with E-state index in [1.807, 2.05) is 10.8 Å². The van der Waals surface area contributed by atoms with Crippen molar-refractivity contribution in [1.82, 2.24) is 19.4 Å². The zero-order valence-electron chi connectivity index (χ0n) is 17.0. The third-order valence-electron chi connectivity index (χ3n) is 5.28. The molecule has 158 valence electrons. The summed E-state index contributed by atoms with van der Waals surface area (Å²) < 4.78 is 7.14. The Morgan fingerprint density at radius 2 is 1.90 bits per heavy atom. The molecule has 31 heavy (non-hydrogen) atoms. The first-order valence-electron chi connectivity index (χ1n) is 9.88. The molecular weight excluding hydrogens is 396 g/mol. The van der Waals surface area contributed by atoms with Crippen LogP contribution in [-0.4, -0.2) is 49.9 Å². The van der Waals surface area contributed by atoms with E-state index in [4.69, 9.17) is 4.74 Å². The number of hydrogen-bond acceptors (Lipinski definition) is 6. The number of ketones is 1. The maximum atomic E-state index is 13.0. The number of ether oxygens (including phenoxy) is 1. The van der Waals surface area contributed by atoms with Crippen LogP contribution in [0.3, 0.4) is 0 Å². The standard InChI is InChI=1S/C23H22N4O4/c1-31-18-5-2-4-17(14-18)21(28)19-20(16-6-8-24-9-7-16)27(23(30)22(19)29)12-3-11-26-13-10-25-15-26/h2,4-10,13-15,20,28H,3,11-12H2,1H3. The van der Waals surface area contributed by atoms with Crippen LogP contribution in [0.2, 0.25) is 0 Å². The average Bonchev–Trinajstić information content (AvgIpc) is 3.41. The van der Waals surface area contributed by atoms with Crippen molar-refractivity contribution in [3.63, 3.8) is 0 Å². The Hall–Kier alpha value is -3.94. The van der Waals surface area contributed by atoms with E-state index in [2.05, 4.69) is 9.97 Å². The van der Waals surface area contributed by atoms with Gasteiger partial charge in [0.05, 0.1) is 25.1 Å². The van der Waals surface area contributed by atoms with Gasteiger partial charge in [-0.1, -0.05) is 12.1 Å². The highest BCUT2D eigenvalue weighted by atomic mass is 16.5. The summed E-state index contributed by atoms with van der Waals surface area (Å²) in [5.41, 5.74) is 1.18. The van der Waals surface area contributed by atoms with E-state index in [0.717, 1.165) is 0 Å². The number of nitrogens with zero attached hydrogens (tertiary/aromatic N) is 4. The van der Waals surface area contributed by atoms with Gasteiger partial charge in [0.15, 0.2) is 0 Å². The van der Waals surface area contributed by atoms with Gasteiger partial charge in [-0.25, -0.2) is 4.98 Å². The summed E-state index contributed by atoms with van der Waals surface area (Å²) in [7, 11) is 1.52. The van der Waals surface area contributed by atoms with Crippen LogP contribution in [0.5, 0.6) is 5.75 Å². The van der Waals surface area contributed by atoms with Gasteiger partial charge in [0.25, 0.3) is 11.7 Å². The number of carbonyl (C=O) groups excluding carboxylic acids is 2. The van der Waals surface area contributed by atoms with Gasteiger partial charge < -0.3 is 19.3 Å². The molecule has 8 heteroatoms. The second-order valence-electron chi connectivity index (χ2n) is 7.16. The van der Waals surface area contributed by atoms with Gasteiger partial charge in [0.1, 0.15) is 11.5 Å². The topological polar surface area (TPSA) is 97.6 Å². The number of rotatable bonds is 7. The number of aliphatic hydroxyl groups excluding tert-OH is 1. The minimum Gasteiger partial charge on any atom is -0.507 e. The van der Waals surface area contributed by atoms with Gasteiger partial charge in [-0.3, -0.25) is 14.6 Å². The van der Waals surface area contributed by atoms with Gasteiger partial charge in [-0.05, 0) is 36.2 Å². The molecule has 0 bridgehead atoms. The van der Waals surface area contributed by atoms with E-state index in [9.17, 15) is 14.7 Å². The summed E-state index contributed by atoms with van der Waals surface area (Å²) in [6.45, 7) is 1.01. The fourth-order valence-corrected chi connectivity index (χ4v) is 3.77. The average molecular weight is 418 g/mol. The van der Waals surface area contributed by atoms with Crippen molar-refractivity contribution >= 4 is 17.4 Å². The van der Waals surface area contributed by atoms with Crippen molar-refractivity contribution in [2.75, 3.05) is 13.7 Å². The van der Waals surface area contributed by atoms with E-state index >= 15 is 0 Å². The zero-order valence-corrected chi connectivity index (χ0v) is 17.0. The summed E-state index contributed by atoms with van der Waals surface area (Å²) in [6.07, 6.45) is 9.08. The van der Waals surface area contributed by atoms with Gasteiger partial charge in [-0.2, -0.15) is 0 Å². The van der Waals surface area contributed by atoms with Crippen molar-refractivity contribution in [2.24, 2.45) is 0 Å². The van der Waals surface area contributed by atoms with E-state index in [-0.39, 0.29) is 11.3 Å². The molecule has 1 unspecified atom stereocenters. The number of imidazole rings is 1. The molecule has 1 N–H and O–H groups in total. The van der Waals surface area contributed by atoms with Crippen LogP contribution in [0.15, 0.2) is 73.1 Å². The van der Waals surface area contributed by atoms with Gasteiger partial charge >= 0.3 is 0 Å². The first-order valence-corrected chi connectivity index (χ1v) is 9.88. The predicted molar refractivity (Wildman–Crippen MR) is 113 cm³/mol. The van der Waals surface area contributed by atoms with Crippen LogP contribution in [0.25, 0.3) is 5.76 Å². The Balaban J connectivity index is 1.72. The Bertz CT molecular complexity index is 1110. The molecule has 0 spiro atoms. The van der Waals surface area contributed by atoms with Crippen molar-refractivity contribution in [1.29, 1.82) is 0 Å². The normalized spacial score (nSPS) is 17.8. The SMILES string of the molecule is COc1cccc(C(O)=C2C(=O)C(=O)N(CCCn3ccnc3)C2c2ccncc2)c1. The maximum Gasteiger partial charge on any atom is 0.295 e. The monoisotopic (exact) mass is 418 g/mol. The van der Waals surface area contributed by atoms with E-state index in [1.54, 1.807) is 61.3 Å². The number of carbonyl (C=O) groups is 2. The lowest BCUT2D eigenvalue weighted by molar-refractivity contribution is -0.139. The minimum atomic E-state index is -0.704. The highest BCUT2D eigenvalue weighted by Gasteiger charge is 2.45. The Morgan fingerprint density at radius 3 is 2.61 bits per heavy atom. The van der Waals surface area contributed by atoms with E-state index < -0.39 is 17.7 Å². The molecule has 3 heterocycles. The highest BCUT2D eigenvalue weighted by Crippen LogP contribution is 2.39. The summed E-state index contributed by atoms with van der Waals surface area (Å²) in [4.78, 5) is 35.5. The molecule has 1 aliphatic rings. The largest absolute Gasteiger partial charge is 0.507 e. The number of Topliss-reactive ketones (excluding diaryl/α,β-unsaturated/α-hetero) is 1. The van der Waals surface area contributed by atoms with Gasteiger partial charge in [0.2, 0.25) is 0 Å². The molecule has 8 nitrogen and oxygen atoms in total. The first-order chi connectivity index (χ1) is 15.1. The van der Waals surface area contributed by atoms with E-state index in [0.29, 0.717) is 36.4 Å². The fraction of sp³-hybridized carbons (Fsp3) is 0.217. The molecule has 1 aliphatic heterocycles. The van der Waals surface area contributed by atoms with Crippen molar-refractivity contribution in [3.05, 3.63) is 84.2 Å². The first kappa shape index (κ1) is 20.3. The van der Waals surface area contributed by atoms with Gasteiger partial charge in [-0.15, -0.1) is 0 Å². The van der Waals surface area contributed by atoms with Crippen LogP contribution in [0, 0.1) is 0 Å². The second kappa shape index (κ2) is 8.83. The summed E-state index contributed by atoms with van der Waals surface area (Å²) in [5, 5.41) is 11.0. The Morgan fingerprint density at radius 1 is 1.10 bits per heavy atom. The molecule has 3 aromatic rings. The Kier molecular flexibility index (Phi) is 5.79. The zero-order chi connectivity index (χ0) is 21.8. The fourth-order valence-electron chi connectivity index (χ4n) is 3.77. The van der Waals surface area contributed by atoms with Gasteiger partial charge in [0, 0.05) is 43.4 Å². The van der Waals surface area contributed by atoms with Crippen LogP contribution in [-0.2, 0) is 16.1 Å². The summed E-state index contributed by atoms with van der Waals surface area (Å²) in [6, 6.07) is 9.56. The molecule has 2 aromatic heterocycles. The van der Waals surface area contributed by atoms with E-state index in [1.165, 1.54) is 12.0 Å². The van der Waals surface area contributed by atoms with Crippen molar-refractivity contribution < 1.29 is 19.4 Å². The molecule has 4 rings (SSSR count). The minimum absolute atomic E-state index is 0.0621. The number of aryl methyl sites for hydroxylation is 1. The number of pyridine rings is 1. The molecule has 1 amide bonds. The maximum absolute atomic E-state index is 13.0. The molecule has 0 saturated carbocycles. The molecule has 1 saturated heterocycles. The lowest BCUT2D eigenvalue weighted by Crippen LogP contribution is -2.31. The number of amides is 1. The molecule has 1 atom stereocenters. The second-order valence-corrected chi connectivity index (χ2v) is 7.16. The van der Waals surface area contributed by atoms with Crippen molar-refractivity contribution in [3.8, 4) is 5.75 Å². The molecule has 0 aliphatic carbocycles. The van der Waals surface area contributed by atoms with Crippen LogP contribution in [0.1, 0.15) is 23.6 Å². The smallest absolute Gasteiger partial charge is 0.295 e. The lowest BCUT2D eigenvalue weighted by Gasteiger charge is -2.25. The Labute approximate surface area is 179 Å². The molecule has 1 aromatic carbocycles. The number of methoxy groups -OCH3 is 1. The third-order valence-corrected chi connectivity index (χ3v) is 5.28. The highest BCUT2D eigenvalue weighted by molar-refractivity contribution is 6.46. The summed E-state index contributed by atoms with van der Waals surface area (Å²) >= 11 is 0. The summed E-state index contributed by atoms with van der Waals surface area (Å²) in [5.74, 6) is -1.02. The van der Waals surface area contributed by atoms with Crippen LogP contribution in [0.4, 0.5) is 0 Å². The number of benzene rings is 1. The predicted octanol–water partition coefficient (Wildman–Crippen LogP) is 2.80. The number of aliphatic hydroxyl groups is 1.